The molecule has 8 heteroatoms. The second-order valence-electron chi connectivity index (χ2n) is 2.55. The lowest BCUT2D eigenvalue weighted by Gasteiger charge is -1.99. The SMILES string of the molecule is c1ncn(-c2cncc3nnnn23)n1. The highest BCUT2D eigenvalue weighted by molar-refractivity contribution is 5.36. The van der Waals surface area contributed by atoms with Crippen LogP contribution in [0.3, 0.4) is 0 Å². The molecule has 3 heterocycles. The van der Waals surface area contributed by atoms with E-state index < -0.39 is 0 Å². The fourth-order valence-electron chi connectivity index (χ4n) is 1.15. The van der Waals surface area contributed by atoms with Crippen molar-refractivity contribution in [1.82, 2.24) is 39.8 Å². The van der Waals surface area contributed by atoms with E-state index >= 15 is 0 Å². The summed E-state index contributed by atoms with van der Waals surface area (Å²) in [6, 6.07) is 0. The third-order valence-corrected chi connectivity index (χ3v) is 1.74. The first-order valence-electron chi connectivity index (χ1n) is 3.82. The molecule has 3 rings (SSSR count). The highest BCUT2D eigenvalue weighted by atomic mass is 15.5. The third-order valence-electron chi connectivity index (χ3n) is 1.74. The second-order valence-corrected chi connectivity index (χ2v) is 2.55. The van der Waals surface area contributed by atoms with Crippen LogP contribution in [-0.2, 0) is 0 Å². The van der Waals surface area contributed by atoms with Gasteiger partial charge in [0.1, 0.15) is 12.7 Å². The van der Waals surface area contributed by atoms with Gasteiger partial charge in [0.25, 0.3) is 0 Å². The van der Waals surface area contributed by atoms with Gasteiger partial charge in [0.05, 0.1) is 12.4 Å². The Balaban J connectivity index is 2.36. The normalized spacial score (nSPS) is 10.9. The van der Waals surface area contributed by atoms with Crippen LogP contribution in [-0.4, -0.2) is 39.8 Å². The summed E-state index contributed by atoms with van der Waals surface area (Å²) in [7, 11) is 0. The lowest BCUT2D eigenvalue weighted by Crippen LogP contribution is -2.04. The monoisotopic (exact) mass is 188 g/mol. The van der Waals surface area contributed by atoms with Crippen LogP contribution in [0.1, 0.15) is 0 Å². The predicted octanol–water partition coefficient (Wildman–Crippen LogP) is -0.900. The number of tetrazole rings is 1. The van der Waals surface area contributed by atoms with Gasteiger partial charge in [-0.25, -0.2) is 9.67 Å². The molecular weight excluding hydrogens is 184 g/mol. The second kappa shape index (κ2) is 2.55. The van der Waals surface area contributed by atoms with Gasteiger partial charge in [-0.2, -0.15) is 9.61 Å². The quantitative estimate of drug-likeness (QED) is 0.491. The predicted molar refractivity (Wildman–Crippen MR) is 43.5 cm³/mol. The molecule has 0 aromatic carbocycles. The Hall–Kier alpha value is -2.38. The molecule has 14 heavy (non-hydrogen) atoms. The highest BCUT2D eigenvalue weighted by Crippen LogP contribution is 2.03. The van der Waals surface area contributed by atoms with Gasteiger partial charge in [0.15, 0.2) is 11.5 Å². The molecule has 8 nitrogen and oxygen atoms in total. The van der Waals surface area contributed by atoms with Crippen molar-refractivity contribution in [3.8, 4) is 5.82 Å². The van der Waals surface area contributed by atoms with Crippen LogP contribution < -0.4 is 0 Å². The molecule has 0 fully saturated rings. The van der Waals surface area contributed by atoms with Crippen LogP contribution in [0.2, 0.25) is 0 Å². The summed E-state index contributed by atoms with van der Waals surface area (Å²) in [4.78, 5) is 7.82. The van der Waals surface area contributed by atoms with E-state index in [1.54, 1.807) is 18.7 Å². The summed E-state index contributed by atoms with van der Waals surface area (Å²) in [5.74, 6) is 0.644. The number of fused-ring (bicyclic) bond motifs is 1. The van der Waals surface area contributed by atoms with Crippen molar-refractivity contribution < 1.29 is 0 Å². The summed E-state index contributed by atoms with van der Waals surface area (Å²) in [6.45, 7) is 0. The molecule has 0 atom stereocenters. The van der Waals surface area contributed by atoms with Gasteiger partial charge in [-0.15, -0.1) is 5.10 Å². The van der Waals surface area contributed by atoms with Crippen LogP contribution in [0, 0.1) is 0 Å². The fourth-order valence-corrected chi connectivity index (χ4v) is 1.15. The van der Waals surface area contributed by atoms with Gasteiger partial charge in [-0.1, -0.05) is 0 Å². The van der Waals surface area contributed by atoms with Crippen LogP contribution in [0.25, 0.3) is 11.5 Å². The first-order chi connectivity index (χ1) is 6.95. The average molecular weight is 188 g/mol. The van der Waals surface area contributed by atoms with Crippen molar-refractivity contribution in [3.05, 3.63) is 25.0 Å². The summed E-state index contributed by atoms with van der Waals surface area (Å²) >= 11 is 0. The molecule has 0 saturated heterocycles. The van der Waals surface area contributed by atoms with Gasteiger partial charge in [0.2, 0.25) is 0 Å². The Morgan fingerprint density at radius 3 is 3.00 bits per heavy atom. The molecule has 0 aliphatic rings. The molecule has 0 radical (unpaired) electrons. The number of nitrogens with zero attached hydrogens (tertiary/aromatic N) is 8. The number of hydrogen-bond donors (Lipinski definition) is 0. The molecule has 0 aliphatic carbocycles. The van der Waals surface area contributed by atoms with Crippen molar-refractivity contribution in [2.24, 2.45) is 0 Å². The minimum atomic E-state index is 0.568. The molecule has 0 saturated carbocycles. The van der Waals surface area contributed by atoms with E-state index in [0.29, 0.717) is 11.5 Å². The first-order valence-corrected chi connectivity index (χ1v) is 3.82. The van der Waals surface area contributed by atoms with E-state index in [0.717, 1.165) is 0 Å². The molecule has 0 bridgehead atoms. The summed E-state index contributed by atoms with van der Waals surface area (Å²) < 4.78 is 3.07. The minimum absolute atomic E-state index is 0.568. The van der Waals surface area contributed by atoms with E-state index in [1.807, 2.05) is 0 Å². The summed E-state index contributed by atoms with van der Waals surface area (Å²) in [5.41, 5.74) is 0.568. The topological polar surface area (TPSA) is 86.7 Å². The lowest BCUT2D eigenvalue weighted by molar-refractivity contribution is 0.745. The maximum atomic E-state index is 3.99. The van der Waals surface area contributed by atoms with Gasteiger partial charge < -0.3 is 0 Å². The smallest absolute Gasteiger partial charge is 0.199 e. The van der Waals surface area contributed by atoms with Crippen molar-refractivity contribution in [1.29, 1.82) is 0 Å². The van der Waals surface area contributed by atoms with Crippen molar-refractivity contribution in [2.75, 3.05) is 0 Å². The Kier molecular flexibility index (Phi) is 1.29. The van der Waals surface area contributed by atoms with Crippen LogP contribution >= 0.6 is 0 Å². The molecule has 0 amide bonds. The molecule has 0 unspecified atom stereocenters. The maximum Gasteiger partial charge on any atom is 0.199 e. The number of hydrogen-bond acceptors (Lipinski definition) is 6. The minimum Gasteiger partial charge on any atom is -0.257 e. The number of rotatable bonds is 1. The summed E-state index contributed by atoms with van der Waals surface area (Å²) in [6.07, 6.45) is 6.17. The largest absolute Gasteiger partial charge is 0.257 e. The standard InChI is InChI=1S/C6H4N8/c1-5-10-11-12-14(5)6(2-7-1)13-4-8-3-9-13/h1-4H. The number of aromatic nitrogens is 8. The van der Waals surface area contributed by atoms with Crippen LogP contribution in [0.5, 0.6) is 0 Å². The zero-order valence-electron chi connectivity index (χ0n) is 6.89. The average Bonchev–Trinajstić information content (AvgIpc) is 2.88. The van der Waals surface area contributed by atoms with E-state index in [2.05, 4.69) is 30.6 Å². The van der Waals surface area contributed by atoms with Crippen molar-refractivity contribution in [3.63, 3.8) is 0 Å². The molecule has 3 aromatic heterocycles. The molecular formula is C6H4N8. The highest BCUT2D eigenvalue weighted by Gasteiger charge is 2.05. The molecule has 0 N–H and O–H groups in total. The van der Waals surface area contributed by atoms with E-state index in [-0.39, 0.29) is 0 Å². The molecule has 0 spiro atoms. The Morgan fingerprint density at radius 2 is 2.14 bits per heavy atom. The Morgan fingerprint density at radius 1 is 1.14 bits per heavy atom. The zero-order chi connectivity index (χ0) is 9.38. The fraction of sp³-hybridized carbons (Fsp3) is 0. The first kappa shape index (κ1) is 7.06. The Bertz CT molecular complexity index is 552. The zero-order valence-corrected chi connectivity index (χ0v) is 6.89. The molecule has 0 aliphatic heterocycles. The summed E-state index contributed by atoms with van der Waals surface area (Å²) in [5, 5.41) is 15.1. The lowest BCUT2D eigenvalue weighted by atomic mass is 10.6. The van der Waals surface area contributed by atoms with E-state index in [4.69, 9.17) is 0 Å². The maximum absolute atomic E-state index is 3.99. The van der Waals surface area contributed by atoms with Gasteiger partial charge in [-0.3, -0.25) is 4.98 Å². The third kappa shape index (κ3) is 0.873. The van der Waals surface area contributed by atoms with Gasteiger partial charge in [-0.05, 0) is 10.4 Å². The van der Waals surface area contributed by atoms with E-state index in [1.165, 1.54) is 15.5 Å². The van der Waals surface area contributed by atoms with E-state index in [9.17, 15) is 0 Å². The van der Waals surface area contributed by atoms with Crippen LogP contribution in [0.15, 0.2) is 25.0 Å². The van der Waals surface area contributed by atoms with Crippen molar-refractivity contribution >= 4 is 5.65 Å². The Labute approximate surface area is 77.2 Å². The van der Waals surface area contributed by atoms with Gasteiger partial charge in [0, 0.05) is 0 Å². The van der Waals surface area contributed by atoms with Gasteiger partial charge >= 0.3 is 0 Å². The molecule has 3 aromatic rings. The van der Waals surface area contributed by atoms with Crippen LogP contribution in [0.4, 0.5) is 0 Å². The van der Waals surface area contributed by atoms with Crippen molar-refractivity contribution in [2.45, 2.75) is 0 Å². The molecule has 68 valence electrons.